The number of hydrogen-bond acceptors (Lipinski definition) is 2. The van der Waals surface area contributed by atoms with Crippen molar-refractivity contribution < 1.29 is 8.42 Å². The maximum atomic E-state index is 12.6. The number of halogens is 1. The molecule has 0 aromatic rings. The largest absolute Gasteiger partial charge is 0.279 e. The van der Waals surface area contributed by atoms with Gasteiger partial charge in [0.05, 0.1) is 0 Å². The van der Waals surface area contributed by atoms with Crippen LogP contribution in [0.15, 0.2) is 0 Å². The zero-order chi connectivity index (χ0) is 14.8. The third-order valence-corrected chi connectivity index (χ3v) is 7.02. The smallest absolute Gasteiger partial charge is 0.195 e. The van der Waals surface area contributed by atoms with Gasteiger partial charge in [0.1, 0.15) is 0 Å². The lowest BCUT2D eigenvalue weighted by atomic mass is 9.78. The van der Waals surface area contributed by atoms with Crippen molar-refractivity contribution in [1.82, 2.24) is 9.03 Å². The van der Waals surface area contributed by atoms with E-state index in [1.54, 1.807) is 4.31 Å². The van der Waals surface area contributed by atoms with Gasteiger partial charge in [-0.25, -0.2) is 0 Å². The Kier molecular flexibility index (Phi) is 5.38. The summed E-state index contributed by atoms with van der Waals surface area (Å²) < 4.78 is 29.7. The Morgan fingerprint density at radius 2 is 1.85 bits per heavy atom. The maximum absolute atomic E-state index is 12.6. The predicted molar refractivity (Wildman–Crippen MR) is 83.1 cm³/mol. The van der Waals surface area contributed by atoms with Crippen molar-refractivity contribution in [2.45, 2.75) is 57.9 Å². The van der Waals surface area contributed by atoms with Crippen molar-refractivity contribution in [2.75, 3.05) is 19.0 Å². The minimum atomic E-state index is -3.40. The molecule has 1 aliphatic carbocycles. The zero-order valence-corrected chi connectivity index (χ0v) is 14.1. The Labute approximate surface area is 128 Å². The summed E-state index contributed by atoms with van der Waals surface area (Å²) in [6.45, 7) is 5.62. The molecule has 1 aliphatic heterocycles. The van der Waals surface area contributed by atoms with E-state index in [1.807, 2.05) is 0 Å². The molecule has 1 saturated carbocycles. The number of nitrogens with one attached hydrogen (secondary N) is 1. The lowest BCUT2D eigenvalue weighted by molar-refractivity contribution is 0.227. The Morgan fingerprint density at radius 3 is 2.40 bits per heavy atom. The average Bonchev–Trinajstić information content (AvgIpc) is 2.38. The summed E-state index contributed by atoms with van der Waals surface area (Å²) >= 11 is 6.13. The van der Waals surface area contributed by atoms with Gasteiger partial charge in [0.25, 0.3) is 10.2 Å². The summed E-state index contributed by atoms with van der Waals surface area (Å²) in [6, 6.07) is 0. The van der Waals surface area contributed by atoms with Gasteiger partial charge in [0, 0.05) is 24.5 Å². The Bertz CT molecular complexity index is 421. The lowest BCUT2D eigenvalue weighted by Gasteiger charge is -2.41. The minimum Gasteiger partial charge on any atom is -0.195 e. The van der Waals surface area contributed by atoms with Crippen LogP contribution in [0.3, 0.4) is 0 Å². The molecule has 1 N–H and O–H groups in total. The molecule has 2 fully saturated rings. The van der Waals surface area contributed by atoms with Crippen LogP contribution in [0.25, 0.3) is 0 Å². The van der Waals surface area contributed by atoms with Crippen LogP contribution >= 0.6 is 11.6 Å². The Morgan fingerprint density at radius 1 is 1.20 bits per heavy atom. The van der Waals surface area contributed by atoms with Crippen molar-refractivity contribution in [3.05, 3.63) is 0 Å². The quantitative estimate of drug-likeness (QED) is 0.809. The number of hydrogen-bond donors (Lipinski definition) is 1. The van der Waals surface area contributed by atoms with E-state index in [2.05, 4.69) is 18.6 Å². The van der Waals surface area contributed by atoms with Crippen molar-refractivity contribution in [1.29, 1.82) is 0 Å². The Balaban J connectivity index is 2.05. The number of rotatable bonds is 4. The van der Waals surface area contributed by atoms with Crippen molar-refractivity contribution >= 4 is 21.8 Å². The molecule has 2 atom stereocenters. The average molecular weight is 323 g/mol. The van der Waals surface area contributed by atoms with Crippen LogP contribution in [-0.2, 0) is 10.2 Å². The minimum absolute atomic E-state index is 0.362. The molecule has 0 amide bonds. The fourth-order valence-corrected chi connectivity index (χ4v) is 5.48. The van der Waals surface area contributed by atoms with E-state index >= 15 is 0 Å². The summed E-state index contributed by atoms with van der Waals surface area (Å²) in [5.74, 6) is 1.52. The molecular weight excluding hydrogens is 296 g/mol. The second-order valence-electron chi connectivity index (χ2n) is 6.80. The highest BCUT2D eigenvalue weighted by molar-refractivity contribution is 7.87. The van der Waals surface area contributed by atoms with Crippen molar-refractivity contribution in [3.8, 4) is 0 Å². The molecule has 0 radical (unpaired) electrons. The summed E-state index contributed by atoms with van der Waals surface area (Å²) in [5.41, 5.74) is -0.443. The molecule has 0 aromatic heterocycles. The molecule has 2 unspecified atom stereocenters. The van der Waals surface area contributed by atoms with Crippen molar-refractivity contribution in [3.63, 3.8) is 0 Å². The van der Waals surface area contributed by atoms with E-state index < -0.39 is 15.7 Å². The van der Waals surface area contributed by atoms with Gasteiger partial charge in [0.15, 0.2) is 0 Å². The van der Waals surface area contributed by atoms with Gasteiger partial charge < -0.3 is 0 Å². The molecule has 118 valence electrons. The van der Waals surface area contributed by atoms with Crippen LogP contribution < -0.4 is 4.72 Å². The van der Waals surface area contributed by atoms with Gasteiger partial charge in [-0.05, 0) is 37.5 Å². The van der Waals surface area contributed by atoms with E-state index in [4.69, 9.17) is 11.6 Å². The predicted octanol–water partition coefficient (Wildman–Crippen LogP) is 2.74. The first-order chi connectivity index (χ1) is 9.37. The molecule has 2 rings (SSSR count). The molecule has 20 heavy (non-hydrogen) atoms. The van der Waals surface area contributed by atoms with Gasteiger partial charge in [0.2, 0.25) is 0 Å². The zero-order valence-electron chi connectivity index (χ0n) is 12.6. The summed E-state index contributed by atoms with van der Waals surface area (Å²) in [4.78, 5) is 0. The van der Waals surface area contributed by atoms with Crippen molar-refractivity contribution in [2.24, 2.45) is 11.8 Å². The van der Waals surface area contributed by atoms with E-state index in [0.717, 1.165) is 32.1 Å². The molecule has 0 aromatic carbocycles. The molecule has 0 bridgehead atoms. The van der Waals surface area contributed by atoms with Gasteiger partial charge in [-0.1, -0.05) is 26.7 Å². The van der Waals surface area contributed by atoms with E-state index in [1.165, 1.54) is 6.42 Å². The molecule has 6 heteroatoms. The highest BCUT2D eigenvalue weighted by atomic mass is 35.5. The van der Waals surface area contributed by atoms with E-state index in [-0.39, 0.29) is 0 Å². The van der Waals surface area contributed by atoms with Crippen LogP contribution in [-0.4, -0.2) is 37.2 Å². The summed E-state index contributed by atoms with van der Waals surface area (Å²) in [7, 11) is -3.40. The third kappa shape index (κ3) is 3.87. The fraction of sp³-hybridized carbons (Fsp3) is 1.00. The van der Waals surface area contributed by atoms with Gasteiger partial charge >= 0.3 is 0 Å². The second-order valence-corrected chi connectivity index (χ2v) is 8.74. The molecule has 4 nitrogen and oxygen atoms in total. The molecule has 1 saturated heterocycles. The van der Waals surface area contributed by atoms with Gasteiger partial charge in [-0.2, -0.15) is 17.4 Å². The van der Waals surface area contributed by atoms with Crippen LogP contribution in [0.4, 0.5) is 0 Å². The van der Waals surface area contributed by atoms with Crippen LogP contribution in [0, 0.1) is 11.8 Å². The first-order valence-corrected chi connectivity index (χ1v) is 9.69. The van der Waals surface area contributed by atoms with E-state index in [0.29, 0.717) is 30.8 Å². The third-order valence-electron chi connectivity index (χ3n) is 4.78. The summed E-state index contributed by atoms with van der Waals surface area (Å²) in [5, 5.41) is 0. The Hall–Kier alpha value is 0.160. The van der Waals surface area contributed by atoms with E-state index in [9.17, 15) is 8.42 Å². The number of alkyl halides is 1. The molecule has 0 spiro atoms. The van der Waals surface area contributed by atoms with Gasteiger partial charge in [-0.3, -0.25) is 0 Å². The highest BCUT2D eigenvalue weighted by Gasteiger charge is 2.40. The number of nitrogens with zero attached hydrogens (tertiary/aromatic N) is 1. The lowest BCUT2D eigenvalue weighted by Crippen LogP contribution is -2.57. The highest BCUT2D eigenvalue weighted by Crippen LogP contribution is 2.34. The molecular formula is C14H27ClN2O2S. The maximum Gasteiger partial charge on any atom is 0.279 e. The topological polar surface area (TPSA) is 49.4 Å². The first-order valence-electron chi connectivity index (χ1n) is 7.72. The monoisotopic (exact) mass is 322 g/mol. The number of piperidine rings is 1. The summed E-state index contributed by atoms with van der Waals surface area (Å²) in [6.07, 6.45) is 5.82. The van der Waals surface area contributed by atoms with Crippen LogP contribution in [0.2, 0.25) is 0 Å². The standard InChI is InChI=1S/C14H27ClN2O2S/c1-12-5-8-17(9-6-12)20(18,19)16-14(11-15)7-3-4-13(2)10-14/h12-13,16H,3-11H2,1-2H3. The first kappa shape index (κ1) is 16.5. The fourth-order valence-electron chi connectivity index (χ4n) is 3.46. The molecule has 1 heterocycles. The normalized spacial score (nSPS) is 34.2. The van der Waals surface area contributed by atoms with Gasteiger partial charge in [-0.15, -0.1) is 11.6 Å². The van der Waals surface area contributed by atoms with Crippen LogP contribution in [0.1, 0.15) is 52.4 Å². The SMILES string of the molecule is CC1CCN(S(=O)(=O)NC2(CCl)CCCC(C)C2)CC1. The molecule has 2 aliphatic rings. The second kappa shape index (κ2) is 6.51. The van der Waals surface area contributed by atoms with Crippen LogP contribution in [0.5, 0.6) is 0 Å².